The van der Waals surface area contributed by atoms with Crippen LogP contribution in [0.4, 0.5) is 4.39 Å². The first-order valence-corrected chi connectivity index (χ1v) is 2.91. The van der Waals surface area contributed by atoms with E-state index in [9.17, 15) is 9.18 Å². The molecule has 1 rings (SSSR count). The maximum Gasteiger partial charge on any atom is 0.489 e. The third kappa shape index (κ3) is 1.72. The van der Waals surface area contributed by atoms with Crippen molar-refractivity contribution in [1.82, 2.24) is 0 Å². The minimum absolute atomic E-state index is 0.0999. The highest BCUT2D eigenvalue weighted by atomic mass is 19.1. The van der Waals surface area contributed by atoms with E-state index in [1.54, 1.807) is 0 Å². The molecule has 1 unspecified atom stereocenters. The maximum atomic E-state index is 12.4. The Bertz CT molecular complexity index is 238. The monoisotopic (exact) mass is 157 g/mol. The van der Waals surface area contributed by atoms with Gasteiger partial charge in [0.2, 0.25) is 0 Å². The number of dihydropyridines is 1. The van der Waals surface area contributed by atoms with E-state index in [1.165, 1.54) is 0 Å². The first-order valence-electron chi connectivity index (χ1n) is 2.91. The zero-order valence-corrected chi connectivity index (χ0v) is 5.44. The van der Waals surface area contributed by atoms with Gasteiger partial charge in [-0.15, -0.1) is 0 Å². The van der Waals surface area contributed by atoms with E-state index in [-0.39, 0.29) is 5.47 Å². The lowest BCUT2D eigenvalue weighted by molar-refractivity contribution is -0.121. The van der Waals surface area contributed by atoms with Crippen LogP contribution in [0.25, 0.3) is 0 Å². The molecule has 1 amide bonds. The van der Waals surface area contributed by atoms with E-state index in [0.29, 0.717) is 0 Å². The highest BCUT2D eigenvalue weighted by Gasteiger charge is 2.23. The van der Waals surface area contributed by atoms with Crippen molar-refractivity contribution in [1.29, 1.82) is 0 Å². The van der Waals surface area contributed by atoms with Gasteiger partial charge >= 0.3 is 7.12 Å². The maximum absolute atomic E-state index is 12.4. The number of carbonyl (C=O) groups excluding carboxylic acids is 1. The smallest absolute Gasteiger partial charge is 0.423 e. The molecule has 11 heavy (non-hydrogen) atoms. The molecule has 0 saturated carbocycles. The van der Waals surface area contributed by atoms with Gasteiger partial charge in [0.25, 0.3) is 5.91 Å². The molecule has 1 heterocycles. The second kappa shape index (κ2) is 2.94. The molecule has 0 bridgehead atoms. The van der Waals surface area contributed by atoms with Crippen LogP contribution in [-0.4, -0.2) is 35.5 Å². The van der Waals surface area contributed by atoms with Gasteiger partial charge in [-0.2, -0.15) is 0 Å². The number of carbonyl (C=O) groups is 1. The van der Waals surface area contributed by atoms with Gasteiger partial charge in [-0.25, -0.2) is 9.38 Å². The molecule has 1 atom stereocenters. The number of nitrogens with zero attached hydrogens (tertiary/aromatic N) is 1. The summed E-state index contributed by atoms with van der Waals surface area (Å²) in [5.41, 5.74) is -0.0999. The second-order valence-electron chi connectivity index (χ2n) is 2.04. The number of rotatable bonds is 1. The lowest BCUT2D eigenvalue weighted by Gasteiger charge is -2.06. The first-order chi connectivity index (χ1) is 5.11. The van der Waals surface area contributed by atoms with Crippen LogP contribution in [0.15, 0.2) is 16.5 Å². The second-order valence-corrected chi connectivity index (χ2v) is 2.04. The van der Waals surface area contributed by atoms with Crippen molar-refractivity contribution >= 4 is 19.2 Å². The lowest BCUT2D eigenvalue weighted by atomic mass is 9.78. The quantitative estimate of drug-likeness (QED) is 0.473. The molecule has 0 aromatic rings. The molecule has 0 fully saturated rings. The molecule has 4 nitrogen and oxygen atoms in total. The summed E-state index contributed by atoms with van der Waals surface area (Å²) in [6.07, 6.45) is -0.0971. The van der Waals surface area contributed by atoms with Crippen molar-refractivity contribution < 1.29 is 19.2 Å². The fourth-order valence-corrected chi connectivity index (χ4v) is 0.645. The Kier molecular flexibility index (Phi) is 2.16. The Morgan fingerprint density at radius 2 is 2.27 bits per heavy atom. The minimum Gasteiger partial charge on any atom is -0.423 e. The lowest BCUT2D eigenvalue weighted by Crippen LogP contribution is -2.24. The molecule has 0 aliphatic carbocycles. The minimum atomic E-state index is -1.85. The van der Waals surface area contributed by atoms with E-state index in [1.807, 2.05) is 0 Å². The predicted molar refractivity (Wildman–Crippen MR) is 36.7 cm³/mol. The Balaban J connectivity index is 2.80. The summed E-state index contributed by atoms with van der Waals surface area (Å²) < 4.78 is 12.4. The third-order valence-electron chi connectivity index (χ3n) is 1.21. The fraction of sp³-hybridized carbons (Fsp3) is 0.200. The number of hydrogen-bond acceptors (Lipinski definition) is 3. The van der Waals surface area contributed by atoms with Crippen molar-refractivity contribution in [3.63, 3.8) is 0 Å². The topological polar surface area (TPSA) is 69.9 Å². The zero-order chi connectivity index (χ0) is 8.43. The Morgan fingerprint density at radius 1 is 1.64 bits per heavy atom. The number of aliphatic imine (C=N–C) groups is 1. The SMILES string of the molecule is O=C1N=CC(B(O)O)=CC1F. The molecule has 58 valence electrons. The van der Waals surface area contributed by atoms with Gasteiger partial charge < -0.3 is 10.0 Å². The summed E-state index contributed by atoms with van der Waals surface area (Å²) in [5, 5.41) is 17.0. The molecule has 0 aromatic heterocycles. The van der Waals surface area contributed by atoms with Crippen molar-refractivity contribution in [3.05, 3.63) is 11.5 Å². The van der Waals surface area contributed by atoms with Crippen LogP contribution < -0.4 is 0 Å². The van der Waals surface area contributed by atoms with Gasteiger partial charge in [0.15, 0.2) is 6.17 Å². The van der Waals surface area contributed by atoms with Gasteiger partial charge in [-0.1, -0.05) is 0 Å². The number of halogens is 1. The Labute approximate surface area is 62.2 Å². The summed E-state index contributed by atoms with van der Waals surface area (Å²) in [7, 11) is -1.77. The van der Waals surface area contributed by atoms with Crippen LogP contribution in [0.2, 0.25) is 0 Å². The molecule has 1 aliphatic heterocycles. The highest BCUT2D eigenvalue weighted by molar-refractivity contribution is 6.57. The molecule has 1 aliphatic rings. The van der Waals surface area contributed by atoms with Crippen LogP contribution >= 0.6 is 0 Å². The molecule has 0 aromatic carbocycles. The summed E-state index contributed by atoms with van der Waals surface area (Å²) in [6, 6.07) is 0. The Hall–Kier alpha value is -1.01. The highest BCUT2D eigenvalue weighted by Crippen LogP contribution is 2.07. The average molecular weight is 157 g/mol. The first kappa shape index (κ1) is 8.09. The van der Waals surface area contributed by atoms with Crippen molar-refractivity contribution in [2.45, 2.75) is 6.17 Å². The van der Waals surface area contributed by atoms with Crippen LogP contribution in [0.3, 0.4) is 0 Å². The average Bonchev–Trinajstić information content (AvgIpc) is 1.94. The predicted octanol–water partition coefficient (Wildman–Crippen LogP) is -1.13. The van der Waals surface area contributed by atoms with Gasteiger partial charge in [0.05, 0.1) is 0 Å². The fourth-order valence-electron chi connectivity index (χ4n) is 0.645. The van der Waals surface area contributed by atoms with Crippen LogP contribution in [0, 0.1) is 0 Å². The molecular weight excluding hydrogens is 152 g/mol. The van der Waals surface area contributed by atoms with E-state index in [4.69, 9.17) is 10.0 Å². The van der Waals surface area contributed by atoms with Crippen LogP contribution in [0.5, 0.6) is 0 Å². The normalized spacial score (nSPS) is 23.4. The Morgan fingerprint density at radius 3 is 2.73 bits per heavy atom. The van der Waals surface area contributed by atoms with Crippen molar-refractivity contribution in [2.24, 2.45) is 4.99 Å². The van der Waals surface area contributed by atoms with Crippen LogP contribution in [-0.2, 0) is 4.79 Å². The molecule has 0 radical (unpaired) electrons. The third-order valence-corrected chi connectivity index (χ3v) is 1.21. The summed E-state index contributed by atoms with van der Waals surface area (Å²) in [5.74, 6) is -0.922. The van der Waals surface area contributed by atoms with E-state index >= 15 is 0 Å². The molecule has 2 N–H and O–H groups in total. The number of hydrogen-bond donors (Lipinski definition) is 2. The molecular formula is C5H5BFNO3. The van der Waals surface area contributed by atoms with Gasteiger partial charge in [-0.05, 0) is 11.5 Å². The van der Waals surface area contributed by atoms with Crippen LogP contribution in [0.1, 0.15) is 0 Å². The summed E-state index contributed by atoms with van der Waals surface area (Å²) >= 11 is 0. The number of allylic oxidation sites excluding steroid dienone is 1. The van der Waals surface area contributed by atoms with Gasteiger partial charge in [-0.3, -0.25) is 4.79 Å². The van der Waals surface area contributed by atoms with Crippen molar-refractivity contribution in [2.75, 3.05) is 0 Å². The standard InChI is InChI=1S/C5H5BFNO3/c7-4-1-3(6(10)11)2-8-5(4)9/h1-2,4,10-11H. The van der Waals surface area contributed by atoms with Gasteiger partial charge in [0.1, 0.15) is 0 Å². The van der Waals surface area contributed by atoms with Crippen molar-refractivity contribution in [3.8, 4) is 0 Å². The van der Waals surface area contributed by atoms with E-state index in [0.717, 1.165) is 12.3 Å². The summed E-state index contributed by atoms with van der Waals surface area (Å²) in [4.78, 5) is 13.5. The molecule has 0 saturated heterocycles. The molecule has 0 spiro atoms. The summed E-state index contributed by atoms with van der Waals surface area (Å²) in [6.45, 7) is 0. The van der Waals surface area contributed by atoms with E-state index in [2.05, 4.69) is 4.99 Å². The largest absolute Gasteiger partial charge is 0.489 e. The van der Waals surface area contributed by atoms with Gasteiger partial charge in [0, 0.05) is 6.21 Å². The van der Waals surface area contributed by atoms with E-state index < -0.39 is 19.2 Å². The zero-order valence-electron chi connectivity index (χ0n) is 5.44. The number of amides is 1. The number of alkyl halides is 1. The molecule has 6 heteroatoms.